The Balaban J connectivity index is 1.53. The minimum atomic E-state index is -4.92. The zero-order valence-electron chi connectivity index (χ0n) is 18.1. The second-order valence-corrected chi connectivity index (χ2v) is 10.0. The number of esters is 1. The van der Waals surface area contributed by atoms with Gasteiger partial charge in [0.25, 0.3) is 0 Å². The van der Waals surface area contributed by atoms with Crippen molar-refractivity contribution in [1.29, 1.82) is 0 Å². The summed E-state index contributed by atoms with van der Waals surface area (Å²) in [7, 11) is 0. The lowest BCUT2D eigenvalue weighted by atomic mass is 9.47. The van der Waals surface area contributed by atoms with Gasteiger partial charge in [-0.2, -0.15) is 13.2 Å². The Kier molecular flexibility index (Phi) is 5.46. The fourth-order valence-corrected chi connectivity index (χ4v) is 7.13. The van der Waals surface area contributed by atoms with Crippen molar-refractivity contribution in [2.24, 2.45) is 33.7 Å². The SMILES string of the molecule is CCO/N=C1/C=C2CCC3C(CCC4(C)C(OC(=O)C(F)(F)F)CCC34)C2(C)CC1. The van der Waals surface area contributed by atoms with Gasteiger partial charge in [-0.3, -0.25) is 0 Å². The normalized spacial score (nSPS) is 42.1. The highest BCUT2D eigenvalue weighted by Gasteiger charge is 2.60. The van der Waals surface area contributed by atoms with Crippen molar-refractivity contribution in [2.75, 3.05) is 6.61 Å². The van der Waals surface area contributed by atoms with Gasteiger partial charge in [0.2, 0.25) is 0 Å². The van der Waals surface area contributed by atoms with E-state index in [2.05, 4.69) is 25.1 Å². The van der Waals surface area contributed by atoms with E-state index >= 15 is 0 Å². The molecule has 0 radical (unpaired) electrons. The molecule has 0 saturated heterocycles. The van der Waals surface area contributed by atoms with Crippen LogP contribution in [-0.4, -0.2) is 30.6 Å². The van der Waals surface area contributed by atoms with E-state index in [0.717, 1.165) is 50.7 Å². The maximum Gasteiger partial charge on any atom is 0.490 e. The molecular formula is C23H32F3NO3. The fourth-order valence-electron chi connectivity index (χ4n) is 7.13. The molecule has 0 N–H and O–H groups in total. The highest BCUT2D eigenvalue weighted by molar-refractivity contribution is 5.96. The van der Waals surface area contributed by atoms with Crippen LogP contribution in [0, 0.1) is 28.6 Å². The van der Waals surface area contributed by atoms with Gasteiger partial charge in [0, 0.05) is 5.41 Å². The number of ether oxygens (including phenoxy) is 1. The van der Waals surface area contributed by atoms with Crippen LogP contribution >= 0.6 is 0 Å². The molecule has 6 atom stereocenters. The van der Waals surface area contributed by atoms with E-state index in [1.165, 1.54) is 5.57 Å². The number of rotatable bonds is 3. The summed E-state index contributed by atoms with van der Waals surface area (Å²) < 4.78 is 43.3. The summed E-state index contributed by atoms with van der Waals surface area (Å²) >= 11 is 0. The molecule has 30 heavy (non-hydrogen) atoms. The number of halogens is 3. The van der Waals surface area contributed by atoms with Crippen LogP contribution in [0.1, 0.15) is 72.1 Å². The summed E-state index contributed by atoms with van der Waals surface area (Å²) in [4.78, 5) is 16.7. The Morgan fingerprint density at radius 3 is 2.60 bits per heavy atom. The van der Waals surface area contributed by atoms with Gasteiger partial charge in [-0.1, -0.05) is 24.6 Å². The third-order valence-electron chi connectivity index (χ3n) is 8.68. The van der Waals surface area contributed by atoms with Crippen LogP contribution in [0.2, 0.25) is 0 Å². The second kappa shape index (κ2) is 7.56. The molecule has 0 heterocycles. The van der Waals surface area contributed by atoms with E-state index in [1.807, 2.05) is 6.92 Å². The molecule has 0 aliphatic heterocycles. The van der Waals surface area contributed by atoms with Crippen LogP contribution in [0.15, 0.2) is 16.8 Å². The molecule has 7 heteroatoms. The number of nitrogens with zero attached hydrogens (tertiary/aromatic N) is 1. The lowest BCUT2D eigenvalue weighted by Gasteiger charge is -2.58. The summed E-state index contributed by atoms with van der Waals surface area (Å²) in [6.07, 6.45) is 3.85. The molecule has 0 aromatic heterocycles. The van der Waals surface area contributed by atoms with Gasteiger partial charge < -0.3 is 9.57 Å². The van der Waals surface area contributed by atoms with Crippen LogP contribution in [-0.2, 0) is 14.4 Å². The Morgan fingerprint density at radius 1 is 1.13 bits per heavy atom. The minimum Gasteiger partial charge on any atom is -0.455 e. The number of carbonyl (C=O) groups excluding carboxylic acids is 1. The van der Waals surface area contributed by atoms with E-state index in [-0.39, 0.29) is 10.8 Å². The largest absolute Gasteiger partial charge is 0.490 e. The molecule has 0 bridgehead atoms. The van der Waals surface area contributed by atoms with E-state index in [1.54, 1.807) is 0 Å². The van der Waals surface area contributed by atoms with E-state index in [9.17, 15) is 18.0 Å². The molecule has 4 nitrogen and oxygen atoms in total. The van der Waals surface area contributed by atoms with Crippen molar-refractivity contribution in [1.82, 2.24) is 0 Å². The molecule has 6 unspecified atom stereocenters. The number of allylic oxidation sites excluding steroid dienone is 2. The highest BCUT2D eigenvalue weighted by atomic mass is 19.4. The first-order valence-corrected chi connectivity index (χ1v) is 11.3. The minimum absolute atomic E-state index is 0.121. The van der Waals surface area contributed by atoms with Crippen LogP contribution in [0.25, 0.3) is 0 Å². The second-order valence-electron chi connectivity index (χ2n) is 10.0. The first kappa shape index (κ1) is 21.7. The third kappa shape index (κ3) is 3.46. The number of alkyl halides is 3. The maximum absolute atomic E-state index is 12.8. The summed E-state index contributed by atoms with van der Waals surface area (Å²) in [5, 5.41) is 4.25. The van der Waals surface area contributed by atoms with Gasteiger partial charge in [0.1, 0.15) is 12.7 Å². The predicted molar refractivity (Wildman–Crippen MR) is 107 cm³/mol. The summed E-state index contributed by atoms with van der Waals surface area (Å²) in [5.41, 5.74) is 2.24. The number of oxime groups is 1. The van der Waals surface area contributed by atoms with Gasteiger partial charge >= 0.3 is 12.1 Å². The Hall–Kier alpha value is -1.53. The van der Waals surface area contributed by atoms with Crippen molar-refractivity contribution >= 4 is 11.7 Å². The molecule has 4 rings (SSSR count). The fraction of sp³-hybridized carbons (Fsp3) is 0.826. The molecule has 3 saturated carbocycles. The summed E-state index contributed by atoms with van der Waals surface area (Å²) in [6, 6.07) is 0. The van der Waals surface area contributed by atoms with Crippen LogP contribution < -0.4 is 0 Å². The zero-order chi connectivity index (χ0) is 21.7. The number of hydrogen-bond acceptors (Lipinski definition) is 4. The monoisotopic (exact) mass is 427 g/mol. The van der Waals surface area contributed by atoms with Gasteiger partial charge in [-0.25, -0.2) is 4.79 Å². The van der Waals surface area contributed by atoms with E-state index in [0.29, 0.717) is 30.8 Å². The van der Waals surface area contributed by atoms with Crippen molar-refractivity contribution in [2.45, 2.75) is 84.4 Å². The molecule has 168 valence electrons. The lowest BCUT2D eigenvalue weighted by Crippen LogP contribution is -2.52. The highest BCUT2D eigenvalue weighted by Crippen LogP contribution is 2.65. The average molecular weight is 428 g/mol. The topological polar surface area (TPSA) is 47.9 Å². The molecule has 4 aliphatic rings. The Bertz CT molecular complexity index is 761. The molecule has 0 amide bonds. The Labute approximate surface area is 176 Å². The quantitative estimate of drug-likeness (QED) is 0.421. The molecule has 3 fully saturated rings. The van der Waals surface area contributed by atoms with Gasteiger partial charge in [0.15, 0.2) is 0 Å². The number of fused-ring (bicyclic) bond motifs is 5. The van der Waals surface area contributed by atoms with E-state index < -0.39 is 18.2 Å². The van der Waals surface area contributed by atoms with Crippen LogP contribution in [0.4, 0.5) is 13.2 Å². The van der Waals surface area contributed by atoms with Gasteiger partial charge in [-0.15, -0.1) is 0 Å². The molecule has 4 aliphatic carbocycles. The standard InChI is InChI=1S/C23H32F3NO3/c1-4-29-27-15-9-11-21(2)14(13-15)5-6-16-17-7-8-19(30-20(28)23(24,25)26)22(17,3)12-10-18(16)21/h13,16-19H,4-12H2,1-3H3/b27-15+. The smallest absolute Gasteiger partial charge is 0.455 e. The predicted octanol–water partition coefficient (Wildman–Crippen LogP) is 5.82. The zero-order valence-corrected chi connectivity index (χ0v) is 18.1. The van der Waals surface area contributed by atoms with Crippen molar-refractivity contribution in [3.8, 4) is 0 Å². The molecule has 0 spiro atoms. The first-order chi connectivity index (χ1) is 14.1. The van der Waals surface area contributed by atoms with Crippen molar-refractivity contribution < 1.29 is 27.5 Å². The summed E-state index contributed by atoms with van der Waals surface area (Å²) in [5.74, 6) is -0.711. The number of carbonyl (C=O) groups is 1. The first-order valence-electron chi connectivity index (χ1n) is 11.3. The lowest BCUT2D eigenvalue weighted by molar-refractivity contribution is -0.211. The van der Waals surface area contributed by atoms with Crippen molar-refractivity contribution in [3.05, 3.63) is 11.6 Å². The molecule has 0 aromatic rings. The van der Waals surface area contributed by atoms with Crippen molar-refractivity contribution in [3.63, 3.8) is 0 Å². The average Bonchev–Trinajstić information content (AvgIpc) is 3.02. The molecule has 0 aromatic carbocycles. The van der Waals surface area contributed by atoms with Gasteiger partial charge in [-0.05, 0) is 87.5 Å². The third-order valence-corrected chi connectivity index (χ3v) is 8.68. The Morgan fingerprint density at radius 2 is 1.90 bits per heavy atom. The van der Waals surface area contributed by atoms with Crippen LogP contribution in [0.3, 0.4) is 0 Å². The van der Waals surface area contributed by atoms with Gasteiger partial charge in [0.05, 0.1) is 5.71 Å². The maximum atomic E-state index is 12.8. The summed E-state index contributed by atoms with van der Waals surface area (Å²) in [6.45, 7) is 6.91. The molecular weight excluding hydrogens is 395 g/mol. The van der Waals surface area contributed by atoms with Crippen LogP contribution in [0.5, 0.6) is 0 Å². The van der Waals surface area contributed by atoms with E-state index in [4.69, 9.17) is 9.57 Å². The number of hydrogen-bond donors (Lipinski definition) is 0.